The van der Waals surface area contributed by atoms with Gasteiger partial charge in [0.15, 0.2) is 0 Å². The van der Waals surface area contributed by atoms with Crippen LogP contribution in [0.2, 0.25) is 0 Å². The first-order valence-electron chi connectivity index (χ1n) is 9.46. The number of anilines is 1. The van der Waals surface area contributed by atoms with E-state index in [4.69, 9.17) is 4.74 Å². The highest BCUT2D eigenvalue weighted by Crippen LogP contribution is 2.24. The standard InChI is InChI=1S/C20H25N3O5S/c1-4-17-14(3)11-16(20(25)22-17)19(24)21-15-6-5-13(2)18(12-15)29(26,27)23-7-9-28-10-8-23/h5-6,11-12H,4,7-10H2,1-3H3,(H,21,24)(H,22,25). The molecule has 2 heterocycles. The number of nitrogens with zero attached hydrogens (tertiary/aromatic N) is 1. The van der Waals surface area contributed by atoms with Gasteiger partial charge in [0, 0.05) is 24.5 Å². The van der Waals surface area contributed by atoms with Gasteiger partial charge in [-0.25, -0.2) is 8.42 Å². The minimum absolute atomic E-state index is 0.0159. The van der Waals surface area contributed by atoms with Crippen LogP contribution in [0.5, 0.6) is 0 Å². The van der Waals surface area contributed by atoms with Crippen molar-refractivity contribution in [2.75, 3.05) is 31.6 Å². The molecule has 0 aliphatic carbocycles. The van der Waals surface area contributed by atoms with Gasteiger partial charge in [-0.1, -0.05) is 13.0 Å². The third-order valence-electron chi connectivity index (χ3n) is 4.98. The van der Waals surface area contributed by atoms with E-state index in [9.17, 15) is 18.0 Å². The van der Waals surface area contributed by atoms with Gasteiger partial charge in [-0.15, -0.1) is 0 Å². The van der Waals surface area contributed by atoms with Gasteiger partial charge in [0.05, 0.1) is 18.1 Å². The largest absolute Gasteiger partial charge is 0.379 e. The molecule has 0 radical (unpaired) electrons. The SMILES string of the molecule is CCc1[nH]c(=O)c(C(=O)Nc2ccc(C)c(S(=O)(=O)N3CCOCC3)c2)cc1C. The minimum atomic E-state index is -3.71. The Bertz CT molecular complexity index is 1090. The summed E-state index contributed by atoms with van der Waals surface area (Å²) >= 11 is 0. The Morgan fingerprint density at radius 3 is 2.52 bits per heavy atom. The number of aryl methyl sites for hydroxylation is 3. The summed E-state index contributed by atoms with van der Waals surface area (Å²) in [4.78, 5) is 27.7. The molecule has 9 heteroatoms. The Kier molecular flexibility index (Phi) is 6.21. The monoisotopic (exact) mass is 419 g/mol. The zero-order valence-electron chi connectivity index (χ0n) is 16.7. The average Bonchev–Trinajstić information content (AvgIpc) is 2.71. The molecular formula is C20H25N3O5S. The van der Waals surface area contributed by atoms with Crippen LogP contribution in [0, 0.1) is 13.8 Å². The van der Waals surface area contributed by atoms with E-state index >= 15 is 0 Å². The van der Waals surface area contributed by atoms with Crippen molar-refractivity contribution >= 4 is 21.6 Å². The van der Waals surface area contributed by atoms with Crippen LogP contribution in [0.4, 0.5) is 5.69 Å². The van der Waals surface area contributed by atoms with E-state index in [1.807, 2.05) is 13.8 Å². The lowest BCUT2D eigenvalue weighted by Gasteiger charge is -2.26. The summed E-state index contributed by atoms with van der Waals surface area (Å²) in [5.74, 6) is -0.587. The number of morpholine rings is 1. The van der Waals surface area contributed by atoms with Gasteiger partial charge < -0.3 is 15.0 Å². The Morgan fingerprint density at radius 1 is 1.17 bits per heavy atom. The minimum Gasteiger partial charge on any atom is -0.379 e. The van der Waals surface area contributed by atoms with Crippen molar-refractivity contribution < 1.29 is 17.9 Å². The summed E-state index contributed by atoms with van der Waals surface area (Å²) < 4.78 is 32.6. The fourth-order valence-corrected chi connectivity index (χ4v) is 4.95. The van der Waals surface area contributed by atoms with Crippen LogP contribution in [0.1, 0.15) is 34.1 Å². The van der Waals surface area contributed by atoms with E-state index in [-0.39, 0.29) is 23.5 Å². The molecule has 1 fully saturated rings. The molecule has 1 aromatic carbocycles. The summed E-state index contributed by atoms with van der Waals surface area (Å²) in [6.45, 7) is 6.73. The molecular weight excluding hydrogens is 394 g/mol. The van der Waals surface area contributed by atoms with E-state index in [0.717, 1.165) is 11.3 Å². The topological polar surface area (TPSA) is 109 Å². The first kappa shape index (κ1) is 21.2. The van der Waals surface area contributed by atoms with Crippen molar-refractivity contribution in [3.63, 3.8) is 0 Å². The number of nitrogens with one attached hydrogen (secondary N) is 2. The lowest BCUT2D eigenvalue weighted by molar-refractivity contribution is 0.0730. The highest BCUT2D eigenvalue weighted by atomic mass is 32.2. The smallest absolute Gasteiger partial charge is 0.261 e. The molecule has 1 saturated heterocycles. The first-order chi connectivity index (χ1) is 13.7. The van der Waals surface area contributed by atoms with Gasteiger partial charge in [0.2, 0.25) is 10.0 Å². The van der Waals surface area contributed by atoms with Crippen molar-refractivity contribution in [1.82, 2.24) is 9.29 Å². The van der Waals surface area contributed by atoms with Crippen molar-refractivity contribution in [3.8, 4) is 0 Å². The second kappa shape index (κ2) is 8.48. The van der Waals surface area contributed by atoms with Crippen LogP contribution < -0.4 is 10.9 Å². The third-order valence-corrected chi connectivity index (χ3v) is 7.02. The number of pyridine rings is 1. The Hall–Kier alpha value is -2.49. The number of hydrogen-bond donors (Lipinski definition) is 2. The summed E-state index contributed by atoms with van der Waals surface area (Å²) in [5, 5.41) is 2.64. The average molecular weight is 420 g/mol. The van der Waals surface area contributed by atoms with Crippen molar-refractivity contribution in [1.29, 1.82) is 0 Å². The molecule has 0 atom stereocenters. The number of amides is 1. The number of sulfonamides is 1. The Labute approximate surface area is 169 Å². The van der Waals surface area contributed by atoms with E-state index in [1.165, 1.54) is 10.4 Å². The molecule has 0 saturated carbocycles. The number of ether oxygens (including phenoxy) is 1. The summed E-state index contributed by atoms with van der Waals surface area (Å²) in [5.41, 5.74) is 1.99. The molecule has 1 aliphatic heterocycles. The van der Waals surface area contributed by atoms with Crippen LogP contribution >= 0.6 is 0 Å². The lowest BCUT2D eigenvalue weighted by atomic mass is 10.1. The van der Waals surface area contributed by atoms with Gasteiger partial charge in [0.1, 0.15) is 5.56 Å². The Balaban J connectivity index is 1.89. The predicted octanol–water partition coefficient (Wildman–Crippen LogP) is 1.83. The molecule has 2 aromatic rings. The van der Waals surface area contributed by atoms with Crippen LogP contribution in [0.3, 0.4) is 0 Å². The number of H-pyrrole nitrogens is 1. The number of carbonyl (C=O) groups excluding carboxylic acids is 1. The molecule has 1 amide bonds. The highest BCUT2D eigenvalue weighted by molar-refractivity contribution is 7.89. The molecule has 8 nitrogen and oxygen atoms in total. The maximum absolute atomic E-state index is 13.0. The molecule has 1 aliphatic rings. The molecule has 1 aromatic heterocycles. The number of aromatic nitrogens is 1. The van der Waals surface area contributed by atoms with Crippen LogP contribution in [-0.4, -0.2) is 49.9 Å². The fraction of sp³-hybridized carbons (Fsp3) is 0.400. The maximum Gasteiger partial charge on any atom is 0.261 e. The molecule has 0 unspecified atom stereocenters. The number of aromatic amines is 1. The van der Waals surface area contributed by atoms with Crippen LogP contribution in [0.25, 0.3) is 0 Å². The van der Waals surface area contributed by atoms with E-state index in [1.54, 1.807) is 25.1 Å². The van der Waals surface area contributed by atoms with E-state index in [2.05, 4.69) is 10.3 Å². The normalized spacial score (nSPS) is 15.3. The van der Waals surface area contributed by atoms with E-state index < -0.39 is 21.5 Å². The maximum atomic E-state index is 13.0. The Morgan fingerprint density at radius 2 is 1.86 bits per heavy atom. The van der Waals surface area contributed by atoms with Crippen LogP contribution in [0.15, 0.2) is 34.0 Å². The van der Waals surface area contributed by atoms with Crippen molar-refractivity contribution in [2.24, 2.45) is 0 Å². The number of carbonyl (C=O) groups is 1. The molecule has 0 bridgehead atoms. The second-order valence-electron chi connectivity index (χ2n) is 6.98. The van der Waals surface area contributed by atoms with E-state index in [0.29, 0.717) is 30.9 Å². The zero-order valence-corrected chi connectivity index (χ0v) is 17.6. The van der Waals surface area contributed by atoms with Crippen LogP contribution in [-0.2, 0) is 21.2 Å². The molecule has 29 heavy (non-hydrogen) atoms. The molecule has 2 N–H and O–H groups in total. The highest BCUT2D eigenvalue weighted by Gasteiger charge is 2.28. The van der Waals surface area contributed by atoms with Gasteiger partial charge >= 0.3 is 0 Å². The molecule has 3 rings (SSSR count). The van der Waals surface area contributed by atoms with Gasteiger partial charge in [-0.05, 0) is 49.6 Å². The first-order valence-corrected chi connectivity index (χ1v) is 10.9. The predicted molar refractivity (Wildman–Crippen MR) is 110 cm³/mol. The number of rotatable bonds is 5. The van der Waals surface area contributed by atoms with Gasteiger partial charge in [0.25, 0.3) is 11.5 Å². The third kappa shape index (κ3) is 4.42. The van der Waals surface area contributed by atoms with Crippen molar-refractivity contribution in [3.05, 3.63) is 57.0 Å². The summed E-state index contributed by atoms with van der Waals surface area (Å²) in [7, 11) is -3.71. The molecule has 0 spiro atoms. The van der Waals surface area contributed by atoms with Crippen molar-refractivity contribution in [2.45, 2.75) is 32.1 Å². The lowest BCUT2D eigenvalue weighted by Crippen LogP contribution is -2.40. The number of benzene rings is 1. The molecule has 156 valence electrons. The quantitative estimate of drug-likeness (QED) is 0.769. The summed E-state index contributed by atoms with van der Waals surface area (Å²) in [6.07, 6.45) is 0.656. The zero-order chi connectivity index (χ0) is 21.2. The fourth-order valence-electron chi connectivity index (χ4n) is 3.29. The summed E-state index contributed by atoms with van der Waals surface area (Å²) in [6, 6.07) is 6.23. The van der Waals surface area contributed by atoms with Gasteiger partial charge in [-0.3, -0.25) is 9.59 Å². The second-order valence-corrected chi connectivity index (χ2v) is 8.88. The number of hydrogen-bond acceptors (Lipinski definition) is 5. The van der Waals surface area contributed by atoms with Gasteiger partial charge in [-0.2, -0.15) is 4.31 Å².